The van der Waals surface area contributed by atoms with Crippen LogP contribution in [0.5, 0.6) is 0 Å². The van der Waals surface area contributed by atoms with Crippen molar-refractivity contribution >= 4 is 0 Å². The number of aliphatic hydroxyl groups is 1. The van der Waals surface area contributed by atoms with Crippen LogP contribution in [0.1, 0.15) is 39.0 Å². The van der Waals surface area contributed by atoms with Gasteiger partial charge in [-0.3, -0.25) is 0 Å². The summed E-state index contributed by atoms with van der Waals surface area (Å²) < 4.78 is 5.42. The number of rotatable bonds is 4. The topological polar surface area (TPSA) is 53.2 Å². The minimum Gasteiger partial charge on any atom is -0.396 e. The highest BCUT2D eigenvalue weighted by atomic mass is 16.5. The number of nitriles is 1. The van der Waals surface area contributed by atoms with E-state index < -0.39 is 0 Å². The molecule has 0 aliphatic carbocycles. The Hall–Kier alpha value is -0.590. The molecule has 0 radical (unpaired) electrons. The largest absolute Gasteiger partial charge is 0.396 e. The molecule has 1 fully saturated rings. The van der Waals surface area contributed by atoms with Crippen LogP contribution in [0.15, 0.2) is 0 Å². The van der Waals surface area contributed by atoms with Gasteiger partial charge in [-0.1, -0.05) is 0 Å². The van der Waals surface area contributed by atoms with E-state index in [1.807, 2.05) is 0 Å². The van der Waals surface area contributed by atoms with Crippen LogP contribution in [0, 0.1) is 11.3 Å². The van der Waals surface area contributed by atoms with Crippen molar-refractivity contribution in [3.63, 3.8) is 0 Å². The van der Waals surface area contributed by atoms with E-state index in [4.69, 9.17) is 15.1 Å². The van der Waals surface area contributed by atoms with Crippen LogP contribution in [0.2, 0.25) is 0 Å². The Bertz CT molecular complexity index is 136. The fraction of sp³-hybridized carbons (Fsp3) is 0.900. The molecule has 0 amide bonds. The molecule has 0 bridgehead atoms. The monoisotopic (exact) mass is 185 g/mol. The number of unbranched alkanes of at least 4 members (excludes halogenated alkanes) is 1. The van der Waals surface area contributed by atoms with E-state index in [1.54, 1.807) is 6.07 Å². The Kier molecular flexibility index (Phi) is 9.07. The first kappa shape index (κ1) is 12.4. The third-order valence-electron chi connectivity index (χ3n) is 1.96. The minimum absolute atomic E-state index is 0.326. The number of nitrogens with zero attached hydrogens (tertiary/aromatic N) is 1. The molecule has 0 saturated carbocycles. The molecular weight excluding hydrogens is 166 g/mol. The second-order valence-corrected chi connectivity index (χ2v) is 3.08. The third-order valence-corrected chi connectivity index (χ3v) is 1.96. The molecule has 13 heavy (non-hydrogen) atoms. The van der Waals surface area contributed by atoms with Crippen LogP contribution in [-0.4, -0.2) is 24.4 Å². The Morgan fingerprint density at radius 1 is 1.54 bits per heavy atom. The lowest BCUT2D eigenvalue weighted by Gasteiger charge is -2.06. The highest BCUT2D eigenvalue weighted by molar-refractivity contribution is 4.64. The maximum Gasteiger partial charge on any atom is 0.0587 e. The van der Waals surface area contributed by atoms with Gasteiger partial charge in [0.05, 0.1) is 12.2 Å². The molecular formula is C10H19NO2. The maximum atomic E-state index is 8.50. The van der Waals surface area contributed by atoms with Gasteiger partial charge in [-0.25, -0.2) is 0 Å². The number of hydrogen-bond acceptors (Lipinski definition) is 3. The first-order valence-corrected chi connectivity index (χ1v) is 4.88. The average molecular weight is 185 g/mol. The van der Waals surface area contributed by atoms with E-state index in [-0.39, 0.29) is 0 Å². The zero-order valence-corrected chi connectivity index (χ0v) is 8.33. The lowest BCUT2D eigenvalue weighted by Crippen LogP contribution is -2.04. The summed E-state index contributed by atoms with van der Waals surface area (Å²) in [5, 5.41) is 15.8. The molecule has 1 N–H and O–H groups in total. The second kappa shape index (κ2) is 9.50. The van der Waals surface area contributed by atoms with Crippen molar-refractivity contribution in [1.29, 1.82) is 5.26 Å². The van der Waals surface area contributed by atoms with Crippen molar-refractivity contribution in [2.45, 2.75) is 45.1 Å². The zero-order valence-electron chi connectivity index (χ0n) is 8.33. The van der Waals surface area contributed by atoms with Gasteiger partial charge in [0.2, 0.25) is 0 Å². The van der Waals surface area contributed by atoms with Crippen LogP contribution in [0.3, 0.4) is 0 Å². The summed E-state index contributed by atoms with van der Waals surface area (Å²) in [5.41, 5.74) is 0. The quantitative estimate of drug-likeness (QED) is 0.680. The normalized spacial score (nSPS) is 20.2. The van der Waals surface area contributed by atoms with E-state index in [2.05, 4.69) is 0 Å². The number of hydrogen-bond donors (Lipinski definition) is 1. The molecule has 1 saturated heterocycles. The van der Waals surface area contributed by atoms with E-state index in [9.17, 15) is 0 Å². The standard InChI is InChI=1S/C8H16O2.C2H3N/c9-6-2-1-4-8-5-3-7-10-8;1-2-3/h8-9H,1-7H2;1H3. The molecule has 0 aromatic heterocycles. The SMILES string of the molecule is CC#N.OCCCCC1CCCO1. The molecule has 1 aliphatic rings. The number of aliphatic hydroxyl groups excluding tert-OH is 1. The molecule has 1 unspecified atom stereocenters. The Balaban J connectivity index is 0.000000424. The Morgan fingerprint density at radius 2 is 2.23 bits per heavy atom. The van der Waals surface area contributed by atoms with E-state index in [0.717, 1.165) is 25.9 Å². The summed E-state index contributed by atoms with van der Waals surface area (Å²) in [4.78, 5) is 0. The fourth-order valence-electron chi connectivity index (χ4n) is 1.36. The van der Waals surface area contributed by atoms with Crippen molar-refractivity contribution in [1.82, 2.24) is 0 Å². The first-order valence-electron chi connectivity index (χ1n) is 4.88. The highest BCUT2D eigenvalue weighted by Gasteiger charge is 2.13. The van der Waals surface area contributed by atoms with Crippen LogP contribution in [0.4, 0.5) is 0 Å². The molecule has 0 aromatic rings. The molecule has 1 aliphatic heterocycles. The van der Waals surface area contributed by atoms with Crippen molar-refractivity contribution < 1.29 is 9.84 Å². The third kappa shape index (κ3) is 7.76. The smallest absolute Gasteiger partial charge is 0.0587 e. The molecule has 3 heteroatoms. The lowest BCUT2D eigenvalue weighted by molar-refractivity contribution is 0.100. The summed E-state index contributed by atoms with van der Waals surface area (Å²) in [6.07, 6.45) is 6.14. The van der Waals surface area contributed by atoms with Gasteiger partial charge in [0.1, 0.15) is 0 Å². The molecule has 1 rings (SSSR count). The van der Waals surface area contributed by atoms with E-state index >= 15 is 0 Å². The van der Waals surface area contributed by atoms with Crippen molar-refractivity contribution in [3.05, 3.63) is 0 Å². The maximum absolute atomic E-state index is 8.50. The summed E-state index contributed by atoms with van der Waals surface area (Å²) in [5.74, 6) is 0. The zero-order chi connectivity index (χ0) is 9.94. The highest BCUT2D eigenvalue weighted by Crippen LogP contribution is 2.17. The molecule has 0 aromatic carbocycles. The molecule has 1 atom stereocenters. The Labute approximate surface area is 80.3 Å². The molecule has 0 spiro atoms. The van der Waals surface area contributed by atoms with Crippen molar-refractivity contribution in [2.24, 2.45) is 0 Å². The molecule has 3 nitrogen and oxygen atoms in total. The van der Waals surface area contributed by atoms with Gasteiger partial charge >= 0.3 is 0 Å². The van der Waals surface area contributed by atoms with Crippen LogP contribution >= 0.6 is 0 Å². The predicted molar refractivity (Wildman–Crippen MR) is 51.2 cm³/mol. The van der Waals surface area contributed by atoms with Gasteiger partial charge < -0.3 is 9.84 Å². The summed E-state index contributed by atoms with van der Waals surface area (Å²) in [6, 6.07) is 1.75. The van der Waals surface area contributed by atoms with Gasteiger partial charge in [0.15, 0.2) is 0 Å². The van der Waals surface area contributed by atoms with Crippen molar-refractivity contribution in [3.8, 4) is 6.07 Å². The minimum atomic E-state index is 0.326. The second-order valence-electron chi connectivity index (χ2n) is 3.08. The Morgan fingerprint density at radius 3 is 2.69 bits per heavy atom. The van der Waals surface area contributed by atoms with Gasteiger partial charge in [0, 0.05) is 20.1 Å². The van der Waals surface area contributed by atoms with Crippen LogP contribution in [0.25, 0.3) is 0 Å². The van der Waals surface area contributed by atoms with Gasteiger partial charge in [-0.15, -0.1) is 0 Å². The predicted octanol–water partition coefficient (Wildman–Crippen LogP) is 1.86. The first-order chi connectivity index (χ1) is 6.35. The summed E-state index contributed by atoms with van der Waals surface area (Å²) >= 11 is 0. The van der Waals surface area contributed by atoms with Gasteiger partial charge in [-0.05, 0) is 32.1 Å². The van der Waals surface area contributed by atoms with Crippen LogP contribution in [-0.2, 0) is 4.74 Å². The van der Waals surface area contributed by atoms with Gasteiger partial charge in [-0.2, -0.15) is 5.26 Å². The average Bonchev–Trinajstić information content (AvgIpc) is 2.59. The number of ether oxygens (including phenoxy) is 1. The summed E-state index contributed by atoms with van der Waals surface area (Å²) in [6.45, 7) is 2.70. The summed E-state index contributed by atoms with van der Waals surface area (Å²) in [7, 11) is 0. The lowest BCUT2D eigenvalue weighted by atomic mass is 10.1. The van der Waals surface area contributed by atoms with E-state index in [1.165, 1.54) is 19.8 Å². The van der Waals surface area contributed by atoms with E-state index in [0.29, 0.717) is 12.7 Å². The fourth-order valence-corrected chi connectivity index (χ4v) is 1.36. The van der Waals surface area contributed by atoms with Crippen molar-refractivity contribution in [2.75, 3.05) is 13.2 Å². The molecule has 1 heterocycles. The van der Waals surface area contributed by atoms with Gasteiger partial charge in [0.25, 0.3) is 0 Å². The van der Waals surface area contributed by atoms with Crippen LogP contribution < -0.4 is 0 Å². The molecule has 76 valence electrons.